The molecule has 1 rings (SSSR count). The van der Waals surface area contributed by atoms with Gasteiger partial charge < -0.3 is 0 Å². The normalized spacial score (nSPS) is 17.0. The first kappa shape index (κ1) is 10.2. The van der Waals surface area contributed by atoms with Crippen molar-refractivity contribution in [3.63, 3.8) is 0 Å². The second-order valence-electron chi connectivity index (χ2n) is 2.82. The predicted molar refractivity (Wildman–Crippen MR) is 51.7 cm³/mol. The van der Waals surface area contributed by atoms with Gasteiger partial charge >= 0.3 is 84.2 Å². The summed E-state index contributed by atoms with van der Waals surface area (Å²) in [5, 5.41) is 0. The molecule has 0 bridgehead atoms. The Kier molecular flexibility index (Phi) is 4.80. The minimum atomic E-state index is -0.851. The molecule has 0 saturated carbocycles. The molecule has 1 aliphatic rings. The first-order valence-corrected chi connectivity index (χ1v) is 7.32. The average molecular weight is 267 g/mol. The summed E-state index contributed by atoms with van der Waals surface area (Å²) in [6, 6.07) is 0.225. The van der Waals surface area contributed by atoms with Crippen LogP contribution in [0.25, 0.3) is 0 Å². The zero-order chi connectivity index (χ0) is 8.81. The molecule has 0 spiro atoms. The van der Waals surface area contributed by atoms with E-state index in [1.165, 1.54) is 3.33 Å². The van der Waals surface area contributed by atoms with Crippen LogP contribution in [0.4, 0.5) is 0 Å². The number of allylic oxidation sites excluding steroid dienone is 2. The second-order valence-corrected chi connectivity index (χ2v) is 6.31. The quantitative estimate of drug-likeness (QED) is 0.772. The molecular weight excluding hydrogens is 253 g/mol. The Bertz CT molecular complexity index is 220. The first-order chi connectivity index (χ1) is 5.84. The molecule has 0 aromatic heterocycles. The van der Waals surface area contributed by atoms with Crippen molar-refractivity contribution in [1.29, 1.82) is 0 Å². The van der Waals surface area contributed by atoms with Gasteiger partial charge in [0, 0.05) is 0 Å². The third-order valence-electron chi connectivity index (χ3n) is 1.83. The topological polar surface area (TPSA) is 64.4 Å². The van der Waals surface area contributed by atoms with Crippen molar-refractivity contribution in [2.24, 2.45) is 14.4 Å². The molecule has 1 atom stereocenters. The van der Waals surface area contributed by atoms with Gasteiger partial charge in [-0.3, -0.25) is 0 Å². The molecule has 1 unspecified atom stereocenters. The van der Waals surface area contributed by atoms with Crippen LogP contribution < -0.4 is 11.5 Å². The molecular formula is C8H14InN3. The van der Waals surface area contributed by atoms with Gasteiger partial charge in [0.25, 0.3) is 0 Å². The van der Waals surface area contributed by atoms with Gasteiger partial charge in [-0.25, -0.2) is 0 Å². The number of rotatable bonds is 4. The summed E-state index contributed by atoms with van der Waals surface area (Å²) >= 11 is -0.851. The van der Waals surface area contributed by atoms with Gasteiger partial charge in [0.15, 0.2) is 0 Å². The maximum atomic E-state index is 5.96. The minimum absolute atomic E-state index is 0.225. The van der Waals surface area contributed by atoms with Crippen molar-refractivity contribution in [2.75, 3.05) is 6.54 Å². The summed E-state index contributed by atoms with van der Waals surface area (Å²) in [5.41, 5.74) is 11.4. The second kappa shape index (κ2) is 5.67. The standard InChI is InChI=1S/C8H14N3.In/c9-6-2-1-4-8(11)5-3-7-10;/h1-2,6,8H,3,5,7,10-11H2;. The van der Waals surface area contributed by atoms with Crippen molar-refractivity contribution in [2.45, 2.75) is 18.9 Å². The Labute approximate surface area is 84.2 Å². The monoisotopic (exact) mass is 267 g/mol. The molecule has 12 heavy (non-hydrogen) atoms. The van der Waals surface area contributed by atoms with Crippen LogP contribution in [0.3, 0.4) is 0 Å². The third kappa shape index (κ3) is 3.21. The molecule has 3 nitrogen and oxygen atoms in total. The van der Waals surface area contributed by atoms with Crippen molar-refractivity contribution in [1.82, 2.24) is 0 Å². The van der Waals surface area contributed by atoms with Gasteiger partial charge in [0.05, 0.1) is 0 Å². The zero-order valence-electron chi connectivity index (χ0n) is 7.11. The molecule has 4 heteroatoms. The van der Waals surface area contributed by atoms with Crippen molar-refractivity contribution < 1.29 is 0 Å². The Hall–Kier alpha value is 0.0701. The van der Waals surface area contributed by atoms with Gasteiger partial charge in [0.2, 0.25) is 0 Å². The van der Waals surface area contributed by atoms with E-state index in [-0.39, 0.29) is 6.04 Å². The van der Waals surface area contributed by atoms with Crippen LogP contribution in [-0.2, 0) is 0 Å². The van der Waals surface area contributed by atoms with Crippen LogP contribution in [-0.4, -0.2) is 35.3 Å². The summed E-state index contributed by atoms with van der Waals surface area (Å²) in [6.45, 7) is 0.737. The van der Waals surface area contributed by atoms with E-state index in [2.05, 4.69) is 8.99 Å². The fourth-order valence-electron chi connectivity index (χ4n) is 1.10. The van der Waals surface area contributed by atoms with Gasteiger partial charge in [-0.1, -0.05) is 0 Å². The Morgan fingerprint density at radius 3 is 3.00 bits per heavy atom. The van der Waals surface area contributed by atoms with E-state index in [4.69, 9.17) is 11.5 Å². The number of hydrogen-bond donors (Lipinski definition) is 2. The van der Waals surface area contributed by atoms with E-state index in [9.17, 15) is 0 Å². The molecule has 0 fully saturated rings. The van der Waals surface area contributed by atoms with E-state index in [1.807, 2.05) is 12.3 Å². The van der Waals surface area contributed by atoms with Gasteiger partial charge in [-0.2, -0.15) is 0 Å². The van der Waals surface area contributed by atoms with Gasteiger partial charge in [-0.15, -0.1) is 0 Å². The molecule has 0 saturated heterocycles. The SMILES string of the molecule is NCCCC(N)[C]1=CC=C[N]=[In]1. The van der Waals surface area contributed by atoms with E-state index in [0.717, 1.165) is 19.4 Å². The molecule has 1 aliphatic heterocycles. The Balaban J connectivity index is 2.41. The van der Waals surface area contributed by atoms with Crippen LogP contribution in [0.1, 0.15) is 12.8 Å². The van der Waals surface area contributed by atoms with Gasteiger partial charge in [0.1, 0.15) is 0 Å². The third-order valence-corrected chi connectivity index (χ3v) is 5.37. The molecule has 0 amide bonds. The molecule has 0 radical (unpaired) electrons. The summed E-state index contributed by atoms with van der Waals surface area (Å²) in [6.07, 6.45) is 8.03. The Morgan fingerprint density at radius 2 is 2.42 bits per heavy atom. The molecule has 1 heterocycles. The van der Waals surface area contributed by atoms with Crippen molar-refractivity contribution in [3.05, 3.63) is 21.7 Å². The summed E-state index contributed by atoms with van der Waals surface area (Å²) in [5.74, 6) is 0. The fraction of sp³-hybridized carbons (Fsp3) is 0.500. The van der Waals surface area contributed by atoms with Crippen LogP contribution in [0.15, 0.2) is 24.6 Å². The number of nitrogens with zero attached hydrogens (tertiary/aromatic N) is 1. The van der Waals surface area contributed by atoms with Crippen molar-refractivity contribution in [3.8, 4) is 0 Å². The van der Waals surface area contributed by atoms with E-state index in [0.29, 0.717) is 0 Å². The van der Waals surface area contributed by atoms with Crippen molar-refractivity contribution >= 4 is 22.7 Å². The average Bonchev–Trinajstić information content (AvgIpc) is 2.15. The predicted octanol–water partition coefficient (Wildman–Crippen LogP) is 0.352. The van der Waals surface area contributed by atoms with Crippen LogP contribution in [0, 0.1) is 0 Å². The maximum absolute atomic E-state index is 5.96. The Morgan fingerprint density at radius 1 is 1.58 bits per heavy atom. The van der Waals surface area contributed by atoms with E-state index < -0.39 is 22.7 Å². The number of hydrogen-bond acceptors (Lipinski definition) is 3. The molecule has 0 aliphatic carbocycles. The van der Waals surface area contributed by atoms with Crippen LogP contribution >= 0.6 is 0 Å². The summed E-state index contributed by atoms with van der Waals surface area (Å²) in [7, 11) is 0. The molecule has 4 N–H and O–H groups in total. The van der Waals surface area contributed by atoms with E-state index >= 15 is 0 Å². The molecule has 0 aromatic carbocycles. The summed E-state index contributed by atoms with van der Waals surface area (Å²) < 4.78 is 5.72. The molecule has 64 valence electrons. The number of nitrogens with two attached hydrogens (primary N) is 2. The van der Waals surface area contributed by atoms with Gasteiger partial charge in [-0.05, 0) is 0 Å². The fourth-order valence-corrected chi connectivity index (χ4v) is 3.71. The zero-order valence-corrected chi connectivity index (χ0v) is 10.4. The van der Waals surface area contributed by atoms with E-state index in [1.54, 1.807) is 0 Å². The first-order valence-electron chi connectivity index (χ1n) is 4.20. The molecule has 0 aromatic rings. The summed E-state index contributed by atoms with van der Waals surface area (Å²) in [4.78, 5) is 0. The van der Waals surface area contributed by atoms with Crippen LogP contribution in [0.5, 0.6) is 0 Å². The van der Waals surface area contributed by atoms with Crippen LogP contribution in [0.2, 0.25) is 0 Å².